The van der Waals surface area contributed by atoms with Gasteiger partial charge in [-0.2, -0.15) is 0 Å². The quantitative estimate of drug-likeness (QED) is 0.634. The van der Waals surface area contributed by atoms with Crippen LogP contribution in [0.2, 0.25) is 0 Å². The Morgan fingerprint density at radius 1 is 1.12 bits per heavy atom. The molecule has 0 bridgehead atoms. The Bertz CT molecular complexity index is 920. The summed E-state index contributed by atoms with van der Waals surface area (Å²) in [5.74, 6) is 3.60. The summed E-state index contributed by atoms with van der Waals surface area (Å²) in [7, 11) is 5.79. The molecule has 4 nitrogen and oxygen atoms in total. The van der Waals surface area contributed by atoms with Crippen molar-refractivity contribution < 1.29 is 4.74 Å². The molecule has 0 N–H and O–H groups in total. The average molecular weight is 345 g/mol. The van der Waals surface area contributed by atoms with Crippen LogP contribution >= 0.6 is 0 Å². The van der Waals surface area contributed by atoms with Crippen molar-refractivity contribution in [3.05, 3.63) is 60.4 Å². The summed E-state index contributed by atoms with van der Waals surface area (Å²) in [4.78, 5) is 6.76. The predicted molar refractivity (Wildman–Crippen MR) is 106 cm³/mol. The van der Waals surface area contributed by atoms with E-state index in [-0.39, 0.29) is 0 Å². The van der Waals surface area contributed by atoms with Crippen LogP contribution in [0.4, 0.5) is 0 Å². The molecule has 26 heavy (non-hydrogen) atoms. The van der Waals surface area contributed by atoms with Crippen LogP contribution in [-0.2, 0) is 13.1 Å². The number of methoxy groups -OCH3 is 1. The molecular formula is C22H23N3O. The maximum absolute atomic E-state index is 5.57. The van der Waals surface area contributed by atoms with Crippen LogP contribution in [0.25, 0.3) is 22.5 Å². The SMILES string of the molecule is C#CCn1cnc(-c2ccccc2)c1-c1ccc(OC)c(CN(C)C)c1. The first-order valence-corrected chi connectivity index (χ1v) is 8.50. The molecule has 0 radical (unpaired) electrons. The van der Waals surface area contributed by atoms with Crippen molar-refractivity contribution >= 4 is 0 Å². The van der Waals surface area contributed by atoms with Gasteiger partial charge in [-0.05, 0) is 32.3 Å². The highest BCUT2D eigenvalue weighted by atomic mass is 16.5. The predicted octanol–water partition coefficient (Wildman–Crippen LogP) is 3.92. The van der Waals surface area contributed by atoms with E-state index >= 15 is 0 Å². The van der Waals surface area contributed by atoms with E-state index in [1.807, 2.05) is 49.3 Å². The summed E-state index contributed by atoms with van der Waals surface area (Å²) in [6.45, 7) is 1.27. The first-order valence-electron chi connectivity index (χ1n) is 8.50. The van der Waals surface area contributed by atoms with Gasteiger partial charge >= 0.3 is 0 Å². The topological polar surface area (TPSA) is 30.3 Å². The van der Waals surface area contributed by atoms with Gasteiger partial charge in [0.05, 0.1) is 31.4 Å². The van der Waals surface area contributed by atoms with E-state index in [9.17, 15) is 0 Å². The van der Waals surface area contributed by atoms with E-state index in [1.165, 1.54) is 0 Å². The fourth-order valence-electron chi connectivity index (χ4n) is 3.10. The average Bonchev–Trinajstić information content (AvgIpc) is 3.06. The van der Waals surface area contributed by atoms with Crippen LogP contribution in [-0.4, -0.2) is 35.7 Å². The van der Waals surface area contributed by atoms with Crippen molar-refractivity contribution in [2.24, 2.45) is 0 Å². The van der Waals surface area contributed by atoms with Crippen molar-refractivity contribution in [3.63, 3.8) is 0 Å². The van der Waals surface area contributed by atoms with Gasteiger partial charge in [-0.3, -0.25) is 0 Å². The van der Waals surface area contributed by atoms with Crippen LogP contribution in [0.3, 0.4) is 0 Å². The molecule has 0 saturated carbocycles. The molecule has 2 aromatic carbocycles. The molecule has 0 aliphatic heterocycles. The highest BCUT2D eigenvalue weighted by Gasteiger charge is 2.16. The van der Waals surface area contributed by atoms with Crippen molar-refractivity contribution in [3.8, 4) is 40.6 Å². The normalized spacial score (nSPS) is 10.7. The van der Waals surface area contributed by atoms with Gasteiger partial charge in [0, 0.05) is 23.2 Å². The third-order valence-electron chi connectivity index (χ3n) is 4.19. The van der Waals surface area contributed by atoms with Crippen LogP contribution < -0.4 is 4.74 Å². The Morgan fingerprint density at radius 2 is 1.88 bits per heavy atom. The number of rotatable bonds is 6. The van der Waals surface area contributed by atoms with Crippen molar-refractivity contribution in [1.82, 2.24) is 14.5 Å². The molecule has 0 spiro atoms. The number of ether oxygens (including phenoxy) is 1. The van der Waals surface area contributed by atoms with Gasteiger partial charge < -0.3 is 14.2 Å². The lowest BCUT2D eigenvalue weighted by Gasteiger charge is -2.16. The van der Waals surface area contributed by atoms with Crippen molar-refractivity contribution in [2.75, 3.05) is 21.2 Å². The lowest BCUT2D eigenvalue weighted by atomic mass is 10.0. The molecule has 0 fully saturated rings. The van der Waals surface area contributed by atoms with E-state index in [4.69, 9.17) is 11.2 Å². The fraction of sp³-hybridized carbons (Fsp3) is 0.227. The second kappa shape index (κ2) is 7.90. The Balaban J connectivity index is 2.16. The van der Waals surface area contributed by atoms with Gasteiger partial charge in [-0.1, -0.05) is 36.3 Å². The minimum atomic E-state index is 0.476. The molecule has 3 rings (SSSR count). The van der Waals surface area contributed by atoms with E-state index < -0.39 is 0 Å². The number of imidazole rings is 1. The molecule has 0 amide bonds. The van der Waals surface area contributed by atoms with Gasteiger partial charge in [-0.15, -0.1) is 6.42 Å². The van der Waals surface area contributed by atoms with Crippen molar-refractivity contribution in [1.29, 1.82) is 0 Å². The number of hydrogen-bond donors (Lipinski definition) is 0. The van der Waals surface area contributed by atoms with E-state index in [0.29, 0.717) is 6.54 Å². The molecule has 1 heterocycles. The Hall–Kier alpha value is -3.03. The fourth-order valence-corrected chi connectivity index (χ4v) is 3.10. The third kappa shape index (κ3) is 3.63. The molecule has 0 saturated heterocycles. The number of hydrogen-bond acceptors (Lipinski definition) is 3. The summed E-state index contributed by atoms with van der Waals surface area (Å²) in [5.41, 5.74) is 5.23. The molecule has 132 valence electrons. The zero-order valence-electron chi connectivity index (χ0n) is 15.4. The van der Waals surface area contributed by atoms with Crippen LogP contribution in [0.1, 0.15) is 5.56 Å². The third-order valence-corrected chi connectivity index (χ3v) is 4.19. The summed E-state index contributed by atoms with van der Waals surface area (Å²) < 4.78 is 7.55. The summed E-state index contributed by atoms with van der Waals surface area (Å²) >= 11 is 0. The number of benzene rings is 2. The summed E-state index contributed by atoms with van der Waals surface area (Å²) in [6, 6.07) is 16.4. The monoisotopic (exact) mass is 345 g/mol. The first-order chi connectivity index (χ1) is 12.6. The van der Waals surface area contributed by atoms with Gasteiger partial charge in [0.25, 0.3) is 0 Å². The van der Waals surface area contributed by atoms with Crippen LogP contribution in [0.5, 0.6) is 5.75 Å². The van der Waals surface area contributed by atoms with Crippen LogP contribution in [0, 0.1) is 12.3 Å². The minimum absolute atomic E-state index is 0.476. The second-order valence-electron chi connectivity index (χ2n) is 6.40. The smallest absolute Gasteiger partial charge is 0.123 e. The zero-order valence-corrected chi connectivity index (χ0v) is 15.4. The van der Waals surface area contributed by atoms with E-state index in [2.05, 4.69) is 40.1 Å². The lowest BCUT2D eigenvalue weighted by molar-refractivity contribution is 0.372. The maximum atomic E-state index is 5.57. The largest absolute Gasteiger partial charge is 0.496 e. The Labute approximate surface area is 155 Å². The molecule has 0 aliphatic rings. The van der Waals surface area contributed by atoms with Gasteiger partial charge in [0.2, 0.25) is 0 Å². The van der Waals surface area contributed by atoms with Gasteiger partial charge in [0.1, 0.15) is 5.75 Å². The number of terminal acetylenes is 1. The molecule has 0 atom stereocenters. The van der Waals surface area contributed by atoms with Gasteiger partial charge in [0.15, 0.2) is 0 Å². The van der Waals surface area contributed by atoms with Crippen molar-refractivity contribution in [2.45, 2.75) is 13.1 Å². The van der Waals surface area contributed by atoms with Gasteiger partial charge in [-0.25, -0.2) is 4.98 Å². The van der Waals surface area contributed by atoms with E-state index in [1.54, 1.807) is 7.11 Å². The summed E-state index contributed by atoms with van der Waals surface area (Å²) in [5, 5.41) is 0. The highest BCUT2D eigenvalue weighted by Crippen LogP contribution is 2.34. The Morgan fingerprint density at radius 3 is 2.54 bits per heavy atom. The van der Waals surface area contributed by atoms with Crippen LogP contribution in [0.15, 0.2) is 54.9 Å². The first kappa shape index (κ1) is 17.8. The number of nitrogens with zero attached hydrogens (tertiary/aromatic N) is 3. The highest BCUT2D eigenvalue weighted by molar-refractivity contribution is 5.79. The standard InChI is InChI=1S/C22H23N3O/c1-5-13-25-16-23-21(17-9-7-6-8-10-17)22(25)18-11-12-20(26-4)19(14-18)15-24(2)3/h1,6-12,14,16H,13,15H2,2-4H3. The molecule has 3 aromatic rings. The molecule has 0 unspecified atom stereocenters. The molecule has 4 heteroatoms. The Kier molecular flexibility index (Phi) is 5.40. The number of aromatic nitrogens is 2. The summed E-state index contributed by atoms with van der Waals surface area (Å²) in [6.07, 6.45) is 7.38. The zero-order chi connectivity index (χ0) is 18.5. The molecule has 0 aliphatic carbocycles. The molecule has 1 aromatic heterocycles. The lowest BCUT2D eigenvalue weighted by Crippen LogP contribution is -2.11. The van der Waals surface area contributed by atoms with E-state index in [0.717, 1.165) is 40.4 Å². The second-order valence-corrected chi connectivity index (χ2v) is 6.40. The minimum Gasteiger partial charge on any atom is -0.496 e. The maximum Gasteiger partial charge on any atom is 0.123 e. The molecular weight excluding hydrogens is 322 g/mol.